The van der Waals surface area contributed by atoms with Crippen LogP contribution in [0.4, 0.5) is 0 Å². The van der Waals surface area contributed by atoms with Crippen molar-refractivity contribution in [3.63, 3.8) is 0 Å². The molecule has 15 N–H and O–H groups in total. The number of aromatic hydroxyl groups is 3. The van der Waals surface area contributed by atoms with Gasteiger partial charge in [-0.05, 0) is 140 Å². The number of benzene rings is 3. The number of hydrogen-bond acceptors (Lipinski definition) is 38. The highest BCUT2D eigenvalue weighted by molar-refractivity contribution is 6.28. The van der Waals surface area contributed by atoms with Crippen molar-refractivity contribution < 1.29 is 150 Å². The van der Waals surface area contributed by atoms with Gasteiger partial charge in [-0.3, -0.25) is 62.8 Å². The number of carbonyl (C=O) groups excluding carboxylic acids is 9. The van der Waals surface area contributed by atoms with E-state index in [2.05, 4.69) is 26.3 Å². The summed E-state index contributed by atoms with van der Waals surface area (Å²) in [6.07, 6.45) is -1.91. The maximum Gasteiger partial charge on any atom is 0.294 e. The number of Topliss-reactive ketones (excluding diaryl/α,β-unsaturated/α-hetero) is 9. The molecule has 127 heavy (non-hydrogen) atoms. The summed E-state index contributed by atoms with van der Waals surface area (Å²) in [6.45, 7) is 7.43. The van der Waals surface area contributed by atoms with Gasteiger partial charge < -0.3 is 96.0 Å². The van der Waals surface area contributed by atoms with Crippen molar-refractivity contribution in [1.82, 2.24) is 24.5 Å². The van der Waals surface area contributed by atoms with E-state index in [0.29, 0.717) is 35.6 Å². The molecule has 0 bridgehead atoms. The second kappa shape index (κ2) is 37.4. The van der Waals surface area contributed by atoms with Crippen molar-refractivity contribution in [1.29, 1.82) is 0 Å². The van der Waals surface area contributed by atoms with Gasteiger partial charge in [-0.1, -0.05) is 76.9 Å². The summed E-state index contributed by atoms with van der Waals surface area (Å²) in [5.41, 5.74) is -11.2. The number of nitrogens with zero attached hydrogens (tertiary/aromatic N) is 8. The van der Waals surface area contributed by atoms with E-state index in [4.69, 9.17) is 0 Å². The molecule has 688 valence electrons. The molecule has 13 rings (SSSR count). The number of likely N-dealkylation sites (N-methyl/N-ethyl adjacent to an activating group) is 3. The lowest BCUT2D eigenvalue weighted by Crippen LogP contribution is -2.70. The van der Waals surface area contributed by atoms with E-state index in [0.717, 1.165) is 32.4 Å². The molecule has 0 spiro atoms. The van der Waals surface area contributed by atoms with Gasteiger partial charge in [0.2, 0.25) is 17.3 Å². The first-order valence-corrected chi connectivity index (χ1v) is 41.6. The number of unbranched alkanes of at least 4 members (excludes halogenated alkanes) is 2. The average Bonchev–Trinajstić information content (AvgIpc) is 0.696. The number of phenolic OH excluding ortho intramolecular Hbond substituents is 3. The highest BCUT2D eigenvalue weighted by atomic mass is 17.0. The monoisotopic (exact) mass is 1780 g/mol. The molecule has 41 heteroatoms. The summed E-state index contributed by atoms with van der Waals surface area (Å²) in [4.78, 5) is 175. The van der Waals surface area contributed by atoms with Crippen LogP contribution in [0.3, 0.4) is 0 Å². The van der Waals surface area contributed by atoms with Crippen LogP contribution in [0.5, 0.6) is 17.2 Å². The van der Waals surface area contributed by atoms with Crippen LogP contribution in [0.15, 0.2) is 105 Å². The normalized spacial score (nSPS) is 29.8. The molecule has 3 saturated carbocycles. The van der Waals surface area contributed by atoms with Crippen LogP contribution in [-0.4, -0.2) is 323 Å². The molecule has 41 nitrogen and oxygen atoms in total. The molecule has 18 atom stereocenters. The maximum atomic E-state index is 14.2. The van der Waals surface area contributed by atoms with Crippen molar-refractivity contribution >= 4 is 69.3 Å². The van der Waals surface area contributed by atoms with Gasteiger partial charge >= 0.3 is 0 Å². The van der Waals surface area contributed by atoms with Crippen LogP contribution in [0.1, 0.15) is 137 Å². The highest BCUT2D eigenvalue weighted by Crippen LogP contribution is 2.61. The Morgan fingerprint density at radius 2 is 0.756 bits per heavy atom. The molecule has 0 radical (unpaired) electrons. The van der Waals surface area contributed by atoms with E-state index < -0.39 is 256 Å². The molecule has 0 amide bonds. The number of aliphatic hydroxyl groups excluding tert-OH is 9. The fourth-order valence-corrected chi connectivity index (χ4v) is 20.9. The fraction of sp³-hybridized carbons (Fsp3) is 0.547. The molecular weight excluding hydrogens is 1670 g/mol. The summed E-state index contributed by atoms with van der Waals surface area (Å²) in [6, 6.07) is 9.28. The van der Waals surface area contributed by atoms with E-state index in [1.165, 1.54) is 72.1 Å². The zero-order chi connectivity index (χ0) is 93.9. The second-order valence-electron chi connectivity index (χ2n) is 34.6. The largest absolute Gasteiger partial charge is 0.508 e. The summed E-state index contributed by atoms with van der Waals surface area (Å²) in [7, 11) is 8.86. The minimum atomic E-state index is -3.05. The summed E-state index contributed by atoms with van der Waals surface area (Å²) in [5.74, 6) is -24.6. The number of fused-ring (bicyclic) bond motifs is 9. The Bertz CT molecular complexity index is 5170. The number of carbonyl (C=O) groups is 9. The predicted octanol–water partition coefficient (Wildman–Crippen LogP) is 3.13. The van der Waals surface area contributed by atoms with Crippen LogP contribution >= 0.6 is 0 Å². The standard InChI is InChI=1S/C31H40N2O8.C28H34N4O14.C27H32N2O11/c1-5-16-9-12-33(13-10-16)14-11-19(35)22-28(38)25(32(3)4)24-27(37)20-15(2)17-7-6-8-18(34)21(17)26(36)23(20)30(40)31(24,41)29(22)39;1-13-14-5-4-6-15(33)18(14)23(35)20-17(13)24(36)21-22(29(2)3)25(37)19(26(38)28(21,40)27(20)39)16(34)7-8-30(9-11-45-31(41)42)10-12-46-32(43)44;1-12-13-8-7-10-14(30)17(13)22(32)19-16(12)23(33)20-21(28(2)3)24(34)18(25(35)27(20,37)26(19)36)15(31)9-5-4-6-11-40-29(38)39/h6-8,15-16,20,24-25,27,34,36-37,39,41H,5,9-14H2,1-4H3;4-6,13,17,21-22,24,33,35-36,38,40H,7-12H2,1-3H3;7-8,10,12,16,20-21,23,30,32-33,35,37H,4-6,9,11H2,1-3H3. The molecule has 1 saturated heterocycles. The molecule has 4 fully saturated rings. The Morgan fingerprint density at radius 3 is 1.06 bits per heavy atom. The summed E-state index contributed by atoms with van der Waals surface area (Å²) in [5, 5.41) is 198. The third kappa shape index (κ3) is 16.6. The van der Waals surface area contributed by atoms with Crippen molar-refractivity contribution in [3.8, 4) is 17.2 Å². The van der Waals surface area contributed by atoms with Crippen LogP contribution < -0.4 is 0 Å². The van der Waals surface area contributed by atoms with Gasteiger partial charge in [0.15, 0.2) is 51.5 Å². The summed E-state index contributed by atoms with van der Waals surface area (Å²) < 4.78 is 0. The van der Waals surface area contributed by atoms with Gasteiger partial charge in [0, 0.05) is 79.9 Å². The third-order valence-corrected chi connectivity index (χ3v) is 27.1. The molecular formula is C86H106N8O33. The second-order valence-corrected chi connectivity index (χ2v) is 34.6. The SMILES string of the molecule is CC1c2cccc(O)c2C(O)=C2C(=O)C3(O)C(O)=C(C(=O)CCCCCO[N+](=O)[O-])C(=O)C(N(C)C)C3C(O)C21.CC1c2cccc(O)c2C(O)=C2C(=O)C3(O)C(O)=C(C(=O)CCN(CCO[N+](=O)[O-])CCO[N+](=O)[O-])C(=O)C(N(C)C)C3C(O)C21.CCC1CCN(CCC(=O)C2=C(O)C3(O)C(=O)C4=C(O)c5c(O)cccc5C(C)C4C(O)C3C(N(C)C)C2=O)CC1. The lowest BCUT2D eigenvalue weighted by atomic mass is 9.54. The first-order valence-electron chi connectivity index (χ1n) is 41.6. The first-order chi connectivity index (χ1) is 59.7. The Hall–Kier alpha value is -11.5. The smallest absolute Gasteiger partial charge is 0.294 e. The molecule has 3 aromatic carbocycles. The molecule has 1 aliphatic heterocycles. The zero-order valence-electron chi connectivity index (χ0n) is 71.3. The van der Waals surface area contributed by atoms with E-state index in [1.807, 2.05) is 0 Å². The predicted molar refractivity (Wildman–Crippen MR) is 441 cm³/mol. The number of rotatable bonds is 28. The van der Waals surface area contributed by atoms with E-state index in [1.54, 1.807) is 65.2 Å². The molecule has 0 aromatic heterocycles. The molecule has 1 heterocycles. The Morgan fingerprint density at radius 1 is 0.449 bits per heavy atom. The maximum absolute atomic E-state index is 14.2. The average molecular weight is 1780 g/mol. The van der Waals surface area contributed by atoms with Crippen LogP contribution in [0.2, 0.25) is 0 Å². The van der Waals surface area contributed by atoms with Gasteiger partial charge in [0.25, 0.3) is 15.3 Å². The van der Waals surface area contributed by atoms with E-state index >= 15 is 0 Å². The van der Waals surface area contributed by atoms with Crippen molar-refractivity contribution in [2.45, 2.75) is 156 Å². The molecule has 9 aliphatic carbocycles. The van der Waals surface area contributed by atoms with Gasteiger partial charge in [0.1, 0.15) is 81.7 Å². The topological polar surface area (TPSA) is 630 Å². The Labute approximate surface area is 726 Å². The third-order valence-electron chi connectivity index (χ3n) is 27.1. The van der Waals surface area contributed by atoms with Gasteiger partial charge in [-0.2, -0.15) is 0 Å². The molecule has 10 aliphatic rings. The summed E-state index contributed by atoms with van der Waals surface area (Å²) >= 11 is 0. The number of aliphatic hydroxyl groups is 12. The van der Waals surface area contributed by atoms with Crippen molar-refractivity contribution in [2.24, 2.45) is 41.4 Å². The van der Waals surface area contributed by atoms with E-state index in [9.17, 15) is 150 Å². The Balaban J connectivity index is 0.000000185. The molecule has 18 unspecified atom stereocenters. The quantitative estimate of drug-likeness (QED) is 0.0215. The lowest BCUT2D eigenvalue weighted by molar-refractivity contribution is -0.758. The number of piperidine rings is 1. The first kappa shape index (κ1) is 96.1. The minimum Gasteiger partial charge on any atom is -0.508 e. The van der Waals surface area contributed by atoms with Crippen LogP contribution in [0, 0.1) is 71.8 Å². The Kier molecular flexibility index (Phi) is 28.3. The highest BCUT2D eigenvalue weighted by Gasteiger charge is 2.72. The van der Waals surface area contributed by atoms with Gasteiger partial charge in [-0.25, -0.2) is 0 Å². The lowest BCUT2D eigenvalue weighted by Gasteiger charge is -2.53. The number of phenols is 3. The van der Waals surface area contributed by atoms with Gasteiger partial charge in [-0.15, -0.1) is 30.3 Å². The van der Waals surface area contributed by atoms with Crippen molar-refractivity contribution in [3.05, 3.63) is 169 Å². The minimum absolute atomic E-state index is 0.0107. The number of likely N-dealkylation sites (tertiary alicyclic amines) is 1. The van der Waals surface area contributed by atoms with E-state index in [-0.39, 0.29) is 91.4 Å². The number of ketones is 9. The zero-order valence-corrected chi connectivity index (χ0v) is 71.3. The van der Waals surface area contributed by atoms with Gasteiger partial charge in [0.05, 0.1) is 77.5 Å². The van der Waals surface area contributed by atoms with Crippen molar-refractivity contribution in [2.75, 3.05) is 101 Å². The number of hydrogen-bond donors (Lipinski definition) is 15. The van der Waals surface area contributed by atoms with Crippen LogP contribution in [0.25, 0.3) is 17.3 Å². The fourth-order valence-electron chi connectivity index (χ4n) is 20.9. The molecule has 3 aromatic rings. The van der Waals surface area contributed by atoms with Crippen LogP contribution in [-0.2, 0) is 57.7 Å².